The summed E-state index contributed by atoms with van der Waals surface area (Å²) in [6, 6.07) is 8.25. The van der Waals surface area contributed by atoms with E-state index in [-0.39, 0.29) is 25.4 Å². The molecule has 1 heterocycles. The molecule has 0 saturated carbocycles. The zero-order valence-electron chi connectivity index (χ0n) is 11.2. The number of carbonyl (C=O) groups excluding carboxylic acids is 1. The van der Waals surface area contributed by atoms with Gasteiger partial charge in [-0.15, -0.1) is 0 Å². The number of benzene rings is 1. The summed E-state index contributed by atoms with van der Waals surface area (Å²) < 4.78 is 6.56. The van der Waals surface area contributed by atoms with Gasteiger partial charge in [-0.2, -0.15) is 0 Å². The number of fused-ring (bicyclic) bond motifs is 1. The van der Waals surface area contributed by atoms with E-state index in [4.69, 9.17) is 4.74 Å². The van der Waals surface area contributed by atoms with Crippen LogP contribution >= 0.6 is 0 Å². The average Bonchev–Trinajstić information content (AvgIpc) is 2.49. The van der Waals surface area contributed by atoms with Gasteiger partial charge >= 0.3 is 114 Å². The van der Waals surface area contributed by atoms with Gasteiger partial charge in [-0.05, 0) is 0 Å². The summed E-state index contributed by atoms with van der Waals surface area (Å²) in [5.41, 5.74) is 0.745. The average molecular weight is 312 g/mol. The van der Waals surface area contributed by atoms with Crippen LogP contribution in [0.4, 0.5) is 5.69 Å². The van der Waals surface area contributed by atoms with Gasteiger partial charge in [0.1, 0.15) is 0 Å². The van der Waals surface area contributed by atoms with Gasteiger partial charge in [0.05, 0.1) is 0 Å². The molecule has 1 N–H and O–H groups in total. The molecule has 98 valence electrons. The van der Waals surface area contributed by atoms with Crippen molar-refractivity contribution < 1.29 is 9.53 Å². The molecule has 4 heteroatoms. The van der Waals surface area contributed by atoms with Crippen LogP contribution in [-0.2, 0) is 9.53 Å². The standard InChI is InChI=1S/C14H19NO2Se/c1-13(2,3)17-12(16)9-14(4)15-10-7-5-6-8-11(10)18-14/h5-8,15H,9H2,1-4H3. The van der Waals surface area contributed by atoms with E-state index in [1.54, 1.807) is 0 Å². The molecule has 0 radical (unpaired) electrons. The van der Waals surface area contributed by atoms with Crippen molar-refractivity contribution in [2.75, 3.05) is 5.32 Å². The molecule has 2 rings (SSSR count). The molecule has 0 bridgehead atoms. The summed E-state index contributed by atoms with van der Waals surface area (Å²) >= 11 is 0.250. The van der Waals surface area contributed by atoms with Gasteiger partial charge in [-0.3, -0.25) is 0 Å². The minimum atomic E-state index is -0.411. The fraction of sp³-hybridized carbons (Fsp3) is 0.500. The number of carbonyl (C=O) groups is 1. The van der Waals surface area contributed by atoms with Crippen LogP contribution in [0.3, 0.4) is 0 Å². The maximum absolute atomic E-state index is 11.9. The SMILES string of the molecule is CC(C)(C)OC(=O)CC1(C)Nc2ccccc2[Se]1. The zero-order valence-corrected chi connectivity index (χ0v) is 13.0. The monoisotopic (exact) mass is 313 g/mol. The van der Waals surface area contributed by atoms with Crippen molar-refractivity contribution in [1.82, 2.24) is 0 Å². The number of hydrogen-bond donors (Lipinski definition) is 1. The van der Waals surface area contributed by atoms with Gasteiger partial charge in [0, 0.05) is 0 Å². The molecule has 1 unspecified atom stereocenters. The van der Waals surface area contributed by atoms with Crippen LogP contribution in [0.2, 0.25) is 0 Å². The quantitative estimate of drug-likeness (QED) is 0.669. The minimum absolute atomic E-state index is 0.132. The Morgan fingerprint density at radius 1 is 1.39 bits per heavy atom. The van der Waals surface area contributed by atoms with Crippen molar-refractivity contribution in [3.63, 3.8) is 0 Å². The van der Waals surface area contributed by atoms with Crippen LogP contribution in [0.25, 0.3) is 0 Å². The van der Waals surface area contributed by atoms with Crippen molar-refractivity contribution in [3.05, 3.63) is 24.3 Å². The Morgan fingerprint density at radius 3 is 2.67 bits per heavy atom. The number of ether oxygens (including phenoxy) is 1. The topological polar surface area (TPSA) is 38.3 Å². The second-order valence-electron chi connectivity index (χ2n) is 5.72. The molecule has 0 amide bonds. The Kier molecular flexibility index (Phi) is 3.43. The molecule has 18 heavy (non-hydrogen) atoms. The summed E-state index contributed by atoms with van der Waals surface area (Å²) in [6.45, 7) is 7.79. The van der Waals surface area contributed by atoms with Gasteiger partial charge in [-0.25, -0.2) is 0 Å². The second kappa shape index (κ2) is 4.60. The predicted octanol–water partition coefficient (Wildman–Crippen LogP) is 1.89. The number of hydrogen-bond acceptors (Lipinski definition) is 3. The fourth-order valence-electron chi connectivity index (χ4n) is 1.95. The van der Waals surface area contributed by atoms with Gasteiger partial charge in [0.15, 0.2) is 0 Å². The van der Waals surface area contributed by atoms with Crippen molar-refractivity contribution in [1.29, 1.82) is 0 Å². The van der Waals surface area contributed by atoms with Crippen LogP contribution < -0.4 is 9.78 Å². The van der Waals surface area contributed by atoms with Crippen molar-refractivity contribution in [2.24, 2.45) is 0 Å². The molecule has 0 fully saturated rings. The molecule has 0 saturated heterocycles. The van der Waals surface area contributed by atoms with Gasteiger partial charge in [-0.1, -0.05) is 0 Å². The Bertz CT molecular complexity index is 440. The number of para-hydroxylation sites is 1. The van der Waals surface area contributed by atoms with Crippen molar-refractivity contribution in [3.8, 4) is 0 Å². The van der Waals surface area contributed by atoms with E-state index < -0.39 is 5.60 Å². The number of rotatable bonds is 2. The molecular weight excluding hydrogens is 293 g/mol. The Morgan fingerprint density at radius 2 is 2.06 bits per heavy atom. The summed E-state index contributed by atoms with van der Waals surface area (Å²) in [5, 5.41) is 3.45. The number of esters is 1. The molecule has 3 nitrogen and oxygen atoms in total. The van der Waals surface area contributed by atoms with E-state index in [0.29, 0.717) is 6.42 Å². The van der Waals surface area contributed by atoms with Gasteiger partial charge < -0.3 is 0 Å². The first-order valence-electron chi connectivity index (χ1n) is 6.06. The van der Waals surface area contributed by atoms with E-state index in [9.17, 15) is 4.79 Å². The number of nitrogens with one attached hydrogen (secondary N) is 1. The molecule has 0 aromatic heterocycles. The zero-order chi connectivity index (χ0) is 13.4. The van der Waals surface area contributed by atoms with Gasteiger partial charge in [0.25, 0.3) is 0 Å². The Labute approximate surface area is 114 Å². The van der Waals surface area contributed by atoms with Gasteiger partial charge in [0.2, 0.25) is 0 Å². The third-order valence-corrected chi connectivity index (χ3v) is 5.19. The second-order valence-corrected chi connectivity index (χ2v) is 8.96. The first-order chi connectivity index (χ1) is 8.27. The van der Waals surface area contributed by atoms with Crippen LogP contribution in [0.15, 0.2) is 24.3 Å². The van der Waals surface area contributed by atoms with Crippen LogP contribution in [0.5, 0.6) is 0 Å². The predicted molar refractivity (Wildman–Crippen MR) is 74.3 cm³/mol. The third-order valence-electron chi connectivity index (χ3n) is 2.52. The Hall–Kier alpha value is -0.991. The summed E-state index contributed by atoms with van der Waals surface area (Å²) in [7, 11) is 0. The van der Waals surface area contributed by atoms with E-state index in [1.165, 1.54) is 4.46 Å². The molecule has 0 aliphatic carbocycles. The molecule has 1 aliphatic heterocycles. The van der Waals surface area contributed by atoms with E-state index in [0.717, 1.165) is 5.69 Å². The normalized spacial score (nSPS) is 22.2. The summed E-state index contributed by atoms with van der Waals surface area (Å²) in [4.78, 5) is 11.9. The van der Waals surface area contributed by atoms with E-state index >= 15 is 0 Å². The number of anilines is 1. The molecule has 1 aromatic carbocycles. The first kappa shape index (κ1) is 13.4. The third kappa shape index (κ3) is 3.27. The fourth-order valence-corrected chi connectivity index (χ4v) is 4.49. The molecule has 1 atom stereocenters. The van der Waals surface area contributed by atoms with E-state index in [1.807, 2.05) is 32.9 Å². The van der Waals surface area contributed by atoms with E-state index in [2.05, 4.69) is 24.4 Å². The van der Waals surface area contributed by atoms with Crippen LogP contribution in [0.1, 0.15) is 34.1 Å². The van der Waals surface area contributed by atoms with Crippen LogP contribution in [-0.4, -0.2) is 31.0 Å². The summed E-state index contributed by atoms with van der Waals surface area (Å²) in [5.74, 6) is -0.132. The molecule has 1 aliphatic rings. The summed E-state index contributed by atoms with van der Waals surface area (Å²) in [6.07, 6.45) is 0.416. The van der Waals surface area contributed by atoms with Crippen molar-refractivity contribution >= 4 is 31.1 Å². The maximum atomic E-state index is 11.9. The molecule has 0 spiro atoms. The van der Waals surface area contributed by atoms with Crippen LogP contribution in [0, 0.1) is 0 Å². The first-order valence-corrected chi connectivity index (χ1v) is 7.77. The Balaban J connectivity index is 2.02. The molecule has 1 aromatic rings. The van der Waals surface area contributed by atoms with Crippen molar-refractivity contribution in [2.45, 2.75) is 44.2 Å². The molecular formula is C14H19NO2Se.